The van der Waals surface area contributed by atoms with Crippen molar-refractivity contribution >= 4 is 0 Å². The van der Waals surface area contributed by atoms with E-state index >= 15 is 0 Å². The Morgan fingerprint density at radius 1 is 1.21 bits per heavy atom. The van der Waals surface area contributed by atoms with Gasteiger partial charge in [-0.3, -0.25) is 0 Å². The molecule has 0 radical (unpaired) electrons. The van der Waals surface area contributed by atoms with Crippen molar-refractivity contribution in [1.29, 1.82) is 0 Å². The zero-order valence-corrected chi connectivity index (χ0v) is 12.0. The molecule has 0 saturated carbocycles. The fourth-order valence-electron chi connectivity index (χ4n) is 1.69. The monoisotopic (exact) mass is 265 g/mol. The minimum atomic E-state index is 0.558. The summed E-state index contributed by atoms with van der Waals surface area (Å²) in [6.07, 6.45) is 2.60. The van der Waals surface area contributed by atoms with Crippen LogP contribution in [0, 0.1) is 0 Å². The molecule has 0 aliphatic carbocycles. The van der Waals surface area contributed by atoms with E-state index in [1.54, 1.807) is 14.2 Å². The van der Waals surface area contributed by atoms with E-state index in [-0.39, 0.29) is 0 Å². The lowest BCUT2D eigenvalue weighted by atomic mass is 10.1. The van der Waals surface area contributed by atoms with Gasteiger partial charge in [0.25, 0.3) is 0 Å². The van der Waals surface area contributed by atoms with Crippen LogP contribution in [0.25, 0.3) is 0 Å². The van der Waals surface area contributed by atoms with Crippen molar-refractivity contribution in [2.75, 3.05) is 27.4 Å². The Balaban J connectivity index is 2.96. The van der Waals surface area contributed by atoms with Crippen molar-refractivity contribution < 1.29 is 14.2 Å². The molecule has 0 bridgehead atoms. The highest BCUT2D eigenvalue weighted by Crippen LogP contribution is 2.38. The first-order valence-electron chi connectivity index (χ1n) is 6.46. The third kappa shape index (κ3) is 4.48. The van der Waals surface area contributed by atoms with Crippen LogP contribution >= 0.6 is 0 Å². The number of ether oxygens (including phenoxy) is 3. The first kappa shape index (κ1) is 15.4. The van der Waals surface area contributed by atoms with Crippen LogP contribution in [0.1, 0.15) is 18.9 Å². The van der Waals surface area contributed by atoms with E-state index in [2.05, 4.69) is 18.8 Å². The molecule has 0 fully saturated rings. The number of benzene rings is 1. The lowest BCUT2D eigenvalue weighted by molar-refractivity contribution is 0.279. The molecule has 0 unspecified atom stereocenters. The Bertz CT molecular complexity index is 379. The summed E-state index contributed by atoms with van der Waals surface area (Å²) >= 11 is 0. The highest BCUT2D eigenvalue weighted by Gasteiger charge is 2.13. The summed E-state index contributed by atoms with van der Waals surface area (Å²) in [7, 11) is 3.26. The van der Waals surface area contributed by atoms with E-state index in [1.165, 1.54) is 0 Å². The highest BCUT2D eigenvalue weighted by molar-refractivity contribution is 5.53. The normalized spacial score (nSPS) is 10.1. The number of hydrogen-bond acceptors (Lipinski definition) is 4. The van der Waals surface area contributed by atoms with Gasteiger partial charge in [-0.2, -0.15) is 0 Å². The van der Waals surface area contributed by atoms with Crippen molar-refractivity contribution in [2.24, 2.45) is 0 Å². The van der Waals surface area contributed by atoms with E-state index in [9.17, 15) is 0 Å². The van der Waals surface area contributed by atoms with Crippen molar-refractivity contribution in [3.63, 3.8) is 0 Å². The molecule has 106 valence electrons. The summed E-state index contributed by atoms with van der Waals surface area (Å²) < 4.78 is 16.5. The number of methoxy groups -OCH3 is 2. The van der Waals surface area contributed by atoms with Crippen LogP contribution in [0.2, 0.25) is 0 Å². The van der Waals surface area contributed by atoms with Gasteiger partial charge >= 0.3 is 0 Å². The van der Waals surface area contributed by atoms with E-state index in [0.717, 1.165) is 25.1 Å². The molecule has 0 atom stereocenters. The quantitative estimate of drug-likeness (QED) is 0.550. The van der Waals surface area contributed by atoms with E-state index in [4.69, 9.17) is 14.2 Å². The van der Waals surface area contributed by atoms with Gasteiger partial charge < -0.3 is 19.5 Å². The fourth-order valence-corrected chi connectivity index (χ4v) is 1.69. The van der Waals surface area contributed by atoms with Crippen LogP contribution in [-0.4, -0.2) is 27.4 Å². The van der Waals surface area contributed by atoms with Gasteiger partial charge in [-0.1, -0.05) is 13.0 Å². The Morgan fingerprint density at radius 2 is 1.84 bits per heavy atom. The van der Waals surface area contributed by atoms with E-state index < -0.39 is 0 Å². The standard InChI is InChI=1S/C15H23NO3/c1-5-7-8-19-15-13(17-3)9-12(11-16-6-2)10-14(15)18-4/h5,9-10,16H,1,6-8,11H2,2-4H3. The van der Waals surface area contributed by atoms with Crippen molar-refractivity contribution in [3.8, 4) is 17.2 Å². The molecule has 1 aromatic rings. The maximum Gasteiger partial charge on any atom is 0.203 e. The molecule has 0 aromatic heterocycles. The van der Waals surface area contributed by atoms with Crippen LogP contribution in [0.5, 0.6) is 17.2 Å². The Labute approximate surface area is 115 Å². The van der Waals surface area contributed by atoms with Crippen molar-refractivity contribution in [2.45, 2.75) is 19.9 Å². The summed E-state index contributed by atoms with van der Waals surface area (Å²) in [6, 6.07) is 3.93. The van der Waals surface area contributed by atoms with Crippen LogP contribution in [0.4, 0.5) is 0 Å². The van der Waals surface area contributed by atoms with Gasteiger partial charge in [0.05, 0.1) is 20.8 Å². The third-order valence-electron chi connectivity index (χ3n) is 2.67. The average molecular weight is 265 g/mol. The maximum absolute atomic E-state index is 5.71. The van der Waals surface area contributed by atoms with Gasteiger partial charge in [-0.25, -0.2) is 0 Å². The van der Waals surface area contributed by atoms with Crippen molar-refractivity contribution in [3.05, 3.63) is 30.4 Å². The SMILES string of the molecule is C=CCCOc1c(OC)cc(CNCC)cc1OC. The number of rotatable bonds is 9. The molecule has 0 spiro atoms. The first-order valence-corrected chi connectivity index (χ1v) is 6.46. The Morgan fingerprint density at radius 3 is 2.32 bits per heavy atom. The second kappa shape index (κ2) is 8.43. The van der Waals surface area contributed by atoms with E-state index in [0.29, 0.717) is 23.9 Å². The largest absolute Gasteiger partial charge is 0.493 e. The lowest BCUT2D eigenvalue weighted by Crippen LogP contribution is -2.12. The van der Waals surface area contributed by atoms with Gasteiger partial charge in [0.2, 0.25) is 5.75 Å². The molecule has 0 aliphatic rings. The number of nitrogens with one attached hydrogen (secondary N) is 1. The third-order valence-corrected chi connectivity index (χ3v) is 2.67. The maximum atomic E-state index is 5.71. The topological polar surface area (TPSA) is 39.7 Å². The van der Waals surface area contributed by atoms with Crippen LogP contribution in [0.15, 0.2) is 24.8 Å². The van der Waals surface area contributed by atoms with Gasteiger partial charge in [0.1, 0.15) is 0 Å². The minimum Gasteiger partial charge on any atom is -0.493 e. The minimum absolute atomic E-state index is 0.558. The average Bonchev–Trinajstić information content (AvgIpc) is 2.45. The molecule has 0 saturated heterocycles. The van der Waals surface area contributed by atoms with Crippen LogP contribution < -0.4 is 19.5 Å². The Hall–Kier alpha value is -1.68. The van der Waals surface area contributed by atoms with Gasteiger partial charge in [0.15, 0.2) is 11.5 Å². The zero-order chi connectivity index (χ0) is 14.1. The fraction of sp³-hybridized carbons (Fsp3) is 0.467. The molecule has 4 heteroatoms. The van der Waals surface area contributed by atoms with E-state index in [1.807, 2.05) is 18.2 Å². The summed E-state index contributed by atoms with van der Waals surface area (Å²) in [5.74, 6) is 2.03. The molecular formula is C15H23NO3. The van der Waals surface area contributed by atoms with Gasteiger partial charge in [-0.15, -0.1) is 6.58 Å². The van der Waals surface area contributed by atoms with Gasteiger partial charge in [-0.05, 0) is 30.7 Å². The molecule has 1 N–H and O–H groups in total. The highest BCUT2D eigenvalue weighted by atomic mass is 16.5. The smallest absolute Gasteiger partial charge is 0.203 e. The molecule has 0 amide bonds. The van der Waals surface area contributed by atoms with Crippen LogP contribution in [0.3, 0.4) is 0 Å². The molecule has 0 heterocycles. The molecule has 1 aromatic carbocycles. The van der Waals surface area contributed by atoms with Crippen molar-refractivity contribution in [1.82, 2.24) is 5.32 Å². The Kier molecular flexibility index (Phi) is 6.82. The predicted octanol–water partition coefficient (Wildman–Crippen LogP) is 2.77. The zero-order valence-electron chi connectivity index (χ0n) is 12.0. The lowest BCUT2D eigenvalue weighted by Gasteiger charge is -2.16. The molecular weight excluding hydrogens is 242 g/mol. The first-order chi connectivity index (χ1) is 9.26. The number of hydrogen-bond donors (Lipinski definition) is 1. The summed E-state index contributed by atoms with van der Waals surface area (Å²) in [6.45, 7) is 8.00. The van der Waals surface area contributed by atoms with Crippen LogP contribution in [-0.2, 0) is 6.54 Å². The predicted molar refractivity (Wildman–Crippen MR) is 77.2 cm³/mol. The second-order valence-corrected chi connectivity index (χ2v) is 4.04. The summed E-state index contributed by atoms with van der Waals surface area (Å²) in [5.41, 5.74) is 1.10. The summed E-state index contributed by atoms with van der Waals surface area (Å²) in [5, 5.41) is 3.27. The summed E-state index contributed by atoms with van der Waals surface area (Å²) in [4.78, 5) is 0. The molecule has 1 rings (SSSR count). The second-order valence-electron chi connectivity index (χ2n) is 4.04. The molecule has 0 aliphatic heterocycles. The molecule has 19 heavy (non-hydrogen) atoms. The van der Waals surface area contributed by atoms with Gasteiger partial charge in [0, 0.05) is 6.54 Å². The molecule has 4 nitrogen and oxygen atoms in total.